The molecule has 0 bridgehead atoms. The SMILES string of the molecule is CC1CNCCN1S(N)(=O)=O.Cl. The quantitative estimate of drug-likeness (QED) is 0.584. The van der Waals surface area contributed by atoms with Gasteiger partial charge in [-0.25, -0.2) is 5.14 Å². The van der Waals surface area contributed by atoms with Crippen LogP contribution in [0.3, 0.4) is 0 Å². The Morgan fingerprint density at radius 1 is 1.58 bits per heavy atom. The van der Waals surface area contributed by atoms with E-state index in [1.807, 2.05) is 6.92 Å². The summed E-state index contributed by atoms with van der Waals surface area (Å²) in [4.78, 5) is 0. The molecule has 1 fully saturated rings. The molecule has 5 nitrogen and oxygen atoms in total. The third kappa shape index (κ3) is 2.87. The van der Waals surface area contributed by atoms with Crippen molar-refractivity contribution in [2.24, 2.45) is 5.14 Å². The zero-order chi connectivity index (χ0) is 8.48. The van der Waals surface area contributed by atoms with E-state index >= 15 is 0 Å². The lowest BCUT2D eigenvalue weighted by Crippen LogP contribution is -2.54. The minimum Gasteiger partial charge on any atom is -0.314 e. The summed E-state index contributed by atoms with van der Waals surface area (Å²) in [5.74, 6) is 0. The van der Waals surface area contributed by atoms with Crippen LogP contribution in [0.2, 0.25) is 0 Å². The maximum absolute atomic E-state index is 10.9. The van der Waals surface area contributed by atoms with Gasteiger partial charge in [-0.3, -0.25) is 0 Å². The first-order valence-corrected chi connectivity index (χ1v) is 5.02. The highest BCUT2D eigenvalue weighted by Crippen LogP contribution is 2.04. The van der Waals surface area contributed by atoms with Crippen molar-refractivity contribution < 1.29 is 8.42 Å². The van der Waals surface area contributed by atoms with Gasteiger partial charge in [-0.2, -0.15) is 12.7 Å². The maximum Gasteiger partial charge on any atom is 0.277 e. The summed E-state index contributed by atoms with van der Waals surface area (Å²) in [5.41, 5.74) is 0. The second kappa shape index (κ2) is 4.38. The van der Waals surface area contributed by atoms with Crippen LogP contribution in [-0.4, -0.2) is 38.4 Å². The van der Waals surface area contributed by atoms with Crippen LogP contribution in [-0.2, 0) is 10.2 Å². The van der Waals surface area contributed by atoms with Gasteiger partial charge in [0.1, 0.15) is 0 Å². The Morgan fingerprint density at radius 2 is 2.17 bits per heavy atom. The van der Waals surface area contributed by atoms with E-state index in [2.05, 4.69) is 5.32 Å². The number of hydrogen-bond acceptors (Lipinski definition) is 3. The van der Waals surface area contributed by atoms with Crippen LogP contribution in [0.25, 0.3) is 0 Å². The fourth-order valence-corrected chi connectivity index (χ4v) is 2.12. The van der Waals surface area contributed by atoms with E-state index in [1.165, 1.54) is 4.31 Å². The molecule has 0 aromatic heterocycles. The fourth-order valence-electron chi connectivity index (χ4n) is 1.20. The van der Waals surface area contributed by atoms with Gasteiger partial charge >= 0.3 is 0 Å². The lowest BCUT2D eigenvalue weighted by Gasteiger charge is -2.30. The number of nitrogens with zero attached hydrogens (tertiary/aromatic N) is 1. The molecule has 0 aliphatic carbocycles. The van der Waals surface area contributed by atoms with Crippen LogP contribution in [0.4, 0.5) is 0 Å². The molecule has 1 saturated heterocycles. The maximum atomic E-state index is 10.9. The molecule has 1 unspecified atom stereocenters. The second-order valence-corrected chi connectivity index (χ2v) is 4.21. The monoisotopic (exact) mass is 215 g/mol. The lowest BCUT2D eigenvalue weighted by atomic mass is 10.3. The molecule has 12 heavy (non-hydrogen) atoms. The van der Waals surface area contributed by atoms with E-state index in [9.17, 15) is 8.42 Å². The van der Waals surface area contributed by atoms with Gasteiger partial charge in [-0.05, 0) is 6.92 Å². The molecule has 1 aliphatic rings. The second-order valence-electron chi connectivity index (χ2n) is 2.71. The standard InChI is InChI=1S/C5H13N3O2S.ClH/c1-5-4-7-2-3-8(5)11(6,9)10;/h5,7H,2-4H2,1H3,(H2,6,9,10);1H. The highest BCUT2D eigenvalue weighted by atomic mass is 35.5. The van der Waals surface area contributed by atoms with Crippen LogP contribution >= 0.6 is 12.4 Å². The Labute approximate surface area is 78.9 Å². The first-order chi connectivity index (χ1) is 5.02. The molecule has 0 radical (unpaired) electrons. The number of rotatable bonds is 1. The van der Waals surface area contributed by atoms with E-state index in [0.717, 1.165) is 0 Å². The van der Waals surface area contributed by atoms with Gasteiger partial charge in [-0.1, -0.05) is 0 Å². The van der Waals surface area contributed by atoms with Crippen molar-refractivity contribution >= 4 is 22.6 Å². The fraction of sp³-hybridized carbons (Fsp3) is 1.00. The van der Waals surface area contributed by atoms with E-state index < -0.39 is 10.2 Å². The minimum atomic E-state index is -3.48. The van der Waals surface area contributed by atoms with Gasteiger partial charge in [0.05, 0.1) is 0 Å². The predicted molar refractivity (Wildman–Crippen MR) is 49.4 cm³/mol. The van der Waals surface area contributed by atoms with Gasteiger partial charge in [0.25, 0.3) is 10.2 Å². The molecule has 7 heteroatoms. The molecule has 1 atom stereocenters. The van der Waals surface area contributed by atoms with Crippen LogP contribution in [0, 0.1) is 0 Å². The summed E-state index contributed by atoms with van der Waals surface area (Å²) in [6.45, 7) is 3.66. The van der Waals surface area contributed by atoms with Crippen LogP contribution in [0.5, 0.6) is 0 Å². The third-order valence-electron chi connectivity index (χ3n) is 1.77. The molecule has 0 spiro atoms. The number of nitrogens with two attached hydrogens (primary N) is 1. The van der Waals surface area contributed by atoms with Crippen LogP contribution < -0.4 is 10.5 Å². The first kappa shape index (κ1) is 12.1. The molecule has 0 saturated carbocycles. The zero-order valence-electron chi connectivity index (χ0n) is 6.86. The van der Waals surface area contributed by atoms with E-state index in [1.54, 1.807) is 0 Å². The molecule has 0 aromatic carbocycles. The first-order valence-electron chi connectivity index (χ1n) is 3.52. The molecular weight excluding hydrogens is 202 g/mol. The van der Waals surface area contributed by atoms with Gasteiger partial charge in [0, 0.05) is 25.7 Å². The highest BCUT2D eigenvalue weighted by molar-refractivity contribution is 7.86. The van der Waals surface area contributed by atoms with Crippen LogP contribution in [0.15, 0.2) is 0 Å². The van der Waals surface area contributed by atoms with Crippen molar-refractivity contribution in [2.45, 2.75) is 13.0 Å². The Bertz CT molecular complexity index is 231. The zero-order valence-corrected chi connectivity index (χ0v) is 8.49. The third-order valence-corrected chi connectivity index (χ3v) is 2.96. The molecular formula is C5H14ClN3O2S. The molecule has 1 aliphatic heterocycles. The number of piperazine rings is 1. The van der Waals surface area contributed by atoms with Crippen LogP contribution in [0.1, 0.15) is 6.92 Å². The van der Waals surface area contributed by atoms with Crippen molar-refractivity contribution in [1.82, 2.24) is 9.62 Å². The highest BCUT2D eigenvalue weighted by Gasteiger charge is 2.25. The van der Waals surface area contributed by atoms with Crippen molar-refractivity contribution in [1.29, 1.82) is 0 Å². The molecule has 0 aromatic rings. The van der Waals surface area contributed by atoms with Gasteiger partial charge < -0.3 is 5.32 Å². The number of halogens is 1. The summed E-state index contributed by atoms with van der Waals surface area (Å²) in [5, 5.41) is 8.05. The Hall–Kier alpha value is 0.120. The normalized spacial score (nSPS) is 26.3. The van der Waals surface area contributed by atoms with Gasteiger partial charge in [0.15, 0.2) is 0 Å². The summed E-state index contributed by atoms with van der Waals surface area (Å²) >= 11 is 0. The summed E-state index contributed by atoms with van der Waals surface area (Å²) < 4.78 is 23.1. The number of nitrogens with one attached hydrogen (secondary N) is 1. The summed E-state index contributed by atoms with van der Waals surface area (Å²) in [7, 11) is -3.48. The average molecular weight is 216 g/mol. The summed E-state index contributed by atoms with van der Waals surface area (Å²) in [6.07, 6.45) is 0. The Kier molecular flexibility index (Phi) is 4.43. The van der Waals surface area contributed by atoms with E-state index in [4.69, 9.17) is 5.14 Å². The number of hydrogen-bond donors (Lipinski definition) is 2. The minimum absolute atomic E-state index is 0. The van der Waals surface area contributed by atoms with Crippen molar-refractivity contribution in [3.05, 3.63) is 0 Å². The van der Waals surface area contributed by atoms with Gasteiger partial charge in [0.2, 0.25) is 0 Å². The smallest absolute Gasteiger partial charge is 0.277 e. The largest absolute Gasteiger partial charge is 0.314 e. The predicted octanol–water partition coefficient (Wildman–Crippen LogP) is -1.09. The average Bonchev–Trinajstić information content (AvgIpc) is 1.86. The van der Waals surface area contributed by atoms with E-state index in [0.29, 0.717) is 19.6 Å². The van der Waals surface area contributed by atoms with Crippen molar-refractivity contribution in [2.75, 3.05) is 19.6 Å². The van der Waals surface area contributed by atoms with E-state index in [-0.39, 0.29) is 18.4 Å². The Morgan fingerprint density at radius 3 is 2.50 bits per heavy atom. The molecule has 0 amide bonds. The molecule has 74 valence electrons. The molecule has 1 rings (SSSR count). The topological polar surface area (TPSA) is 75.4 Å². The molecule has 3 N–H and O–H groups in total. The Balaban J connectivity index is 0.00000121. The van der Waals surface area contributed by atoms with Crippen molar-refractivity contribution in [3.63, 3.8) is 0 Å². The van der Waals surface area contributed by atoms with Crippen molar-refractivity contribution in [3.8, 4) is 0 Å². The van der Waals surface area contributed by atoms with Gasteiger partial charge in [-0.15, -0.1) is 12.4 Å². The summed E-state index contributed by atoms with van der Waals surface area (Å²) in [6, 6.07) is -0.0289. The lowest BCUT2D eigenvalue weighted by molar-refractivity contribution is 0.284. The molecule has 1 heterocycles.